The Labute approximate surface area is 114 Å². The van der Waals surface area contributed by atoms with E-state index < -0.39 is 0 Å². The zero-order chi connectivity index (χ0) is 13.4. The molecular weight excluding hydrogens is 236 g/mol. The highest BCUT2D eigenvalue weighted by atomic mass is 16.3. The van der Waals surface area contributed by atoms with E-state index in [9.17, 15) is 0 Å². The van der Waals surface area contributed by atoms with E-state index >= 15 is 0 Å². The maximum atomic E-state index is 5.88. The third kappa shape index (κ3) is 2.65. The van der Waals surface area contributed by atoms with Gasteiger partial charge in [0.05, 0.1) is 17.9 Å². The van der Waals surface area contributed by atoms with E-state index in [-0.39, 0.29) is 0 Å². The fourth-order valence-corrected chi connectivity index (χ4v) is 2.46. The Morgan fingerprint density at radius 2 is 2.05 bits per heavy atom. The maximum absolute atomic E-state index is 5.88. The van der Waals surface area contributed by atoms with Crippen LogP contribution in [0.2, 0.25) is 0 Å². The largest absolute Gasteiger partial charge is 0.464 e. The zero-order valence-corrected chi connectivity index (χ0v) is 11.7. The van der Waals surface area contributed by atoms with Gasteiger partial charge < -0.3 is 9.73 Å². The van der Waals surface area contributed by atoms with Crippen molar-refractivity contribution in [1.29, 1.82) is 0 Å². The molecule has 1 N–H and O–H groups in total. The SMILES string of the molecule is Cc1ccc(NCc2ccc(C3CC3C)o2)c(C)n1. The van der Waals surface area contributed by atoms with Crippen LogP contribution in [0.5, 0.6) is 0 Å². The Morgan fingerprint density at radius 3 is 2.74 bits per heavy atom. The van der Waals surface area contributed by atoms with Crippen LogP contribution in [0.1, 0.15) is 42.2 Å². The summed E-state index contributed by atoms with van der Waals surface area (Å²) in [6, 6.07) is 8.29. The minimum absolute atomic E-state index is 0.650. The highest BCUT2D eigenvalue weighted by molar-refractivity contribution is 5.47. The Bertz CT molecular complexity index is 588. The van der Waals surface area contributed by atoms with Gasteiger partial charge in [0, 0.05) is 11.6 Å². The Kier molecular flexibility index (Phi) is 3.05. The van der Waals surface area contributed by atoms with Crippen molar-refractivity contribution in [1.82, 2.24) is 4.98 Å². The second-order valence-electron chi connectivity index (χ2n) is 5.56. The minimum atomic E-state index is 0.650. The number of nitrogens with zero attached hydrogens (tertiary/aromatic N) is 1. The van der Waals surface area contributed by atoms with Gasteiger partial charge in [-0.25, -0.2) is 0 Å². The van der Waals surface area contributed by atoms with Gasteiger partial charge in [0.2, 0.25) is 0 Å². The maximum Gasteiger partial charge on any atom is 0.123 e. The van der Waals surface area contributed by atoms with Gasteiger partial charge in [-0.2, -0.15) is 0 Å². The molecule has 3 rings (SSSR count). The number of nitrogens with one attached hydrogen (secondary N) is 1. The Morgan fingerprint density at radius 1 is 1.26 bits per heavy atom. The molecular formula is C16H20N2O. The molecule has 3 nitrogen and oxygen atoms in total. The molecule has 0 bridgehead atoms. The summed E-state index contributed by atoms with van der Waals surface area (Å²) in [5, 5.41) is 3.38. The van der Waals surface area contributed by atoms with Crippen molar-refractivity contribution < 1.29 is 4.42 Å². The summed E-state index contributed by atoms with van der Waals surface area (Å²) in [4.78, 5) is 4.45. The van der Waals surface area contributed by atoms with Gasteiger partial charge in [-0.05, 0) is 50.5 Å². The fraction of sp³-hybridized carbons (Fsp3) is 0.438. The van der Waals surface area contributed by atoms with E-state index in [1.54, 1.807) is 0 Å². The number of furan rings is 1. The van der Waals surface area contributed by atoms with Crippen molar-refractivity contribution in [3.8, 4) is 0 Å². The van der Waals surface area contributed by atoms with Crippen LogP contribution in [-0.2, 0) is 6.54 Å². The smallest absolute Gasteiger partial charge is 0.123 e. The molecule has 0 aliphatic heterocycles. The van der Waals surface area contributed by atoms with Gasteiger partial charge in [-0.3, -0.25) is 4.98 Å². The van der Waals surface area contributed by atoms with Crippen molar-refractivity contribution in [2.45, 2.75) is 39.7 Å². The van der Waals surface area contributed by atoms with E-state index in [1.165, 1.54) is 6.42 Å². The summed E-state index contributed by atoms with van der Waals surface area (Å²) >= 11 is 0. The van der Waals surface area contributed by atoms with Gasteiger partial charge in [-0.15, -0.1) is 0 Å². The lowest BCUT2D eigenvalue weighted by atomic mass is 10.2. The first-order valence-corrected chi connectivity index (χ1v) is 6.90. The number of hydrogen-bond donors (Lipinski definition) is 1. The molecule has 1 fully saturated rings. The molecule has 2 unspecified atom stereocenters. The van der Waals surface area contributed by atoms with Gasteiger partial charge in [0.25, 0.3) is 0 Å². The quantitative estimate of drug-likeness (QED) is 0.897. The summed E-state index contributed by atoms with van der Waals surface area (Å²) in [5.41, 5.74) is 3.15. The fourth-order valence-electron chi connectivity index (χ4n) is 2.46. The third-order valence-electron chi connectivity index (χ3n) is 3.84. The second-order valence-corrected chi connectivity index (χ2v) is 5.56. The third-order valence-corrected chi connectivity index (χ3v) is 3.84. The van der Waals surface area contributed by atoms with Crippen molar-refractivity contribution in [2.75, 3.05) is 5.32 Å². The molecule has 0 amide bonds. The molecule has 2 aromatic rings. The number of anilines is 1. The van der Waals surface area contributed by atoms with E-state index in [0.29, 0.717) is 12.5 Å². The minimum Gasteiger partial charge on any atom is -0.464 e. The van der Waals surface area contributed by atoms with Crippen LogP contribution in [0.3, 0.4) is 0 Å². The van der Waals surface area contributed by atoms with Crippen molar-refractivity contribution in [2.24, 2.45) is 5.92 Å². The summed E-state index contributed by atoms with van der Waals surface area (Å²) in [6.45, 7) is 7.01. The van der Waals surface area contributed by atoms with Gasteiger partial charge >= 0.3 is 0 Å². The summed E-state index contributed by atoms with van der Waals surface area (Å²) in [5.74, 6) is 3.57. The molecule has 0 spiro atoms. The van der Waals surface area contributed by atoms with Gasteiger partial charge in [0.15, 0.2) is 0 Å². The standard InChI is InChI=1S/C16H20N2O/c1-10-8-14(10)16-7-5-13(19-16)9-17-15-6-4-11(2)18-12(15)3/h4-7,10,14,17H,8-9H2,1-3H3. The zero-order valence-electron chi connectivity index (χ0n) is 11.7. The number of aromatic nitrogens is 1. The molecule has 100 valence electrons. The van der Waals surface area contributed by atoms with Crippen LogP contribution in [0.25, 0.3) is 0 Å². The van der Waals surface area contributed by atoms with Crippen LogP contribution >= 0.6 is 0 Å². The Balaban J connectivity index is 1.64. The van der Waals surface area contributed by atoms with E-state index in [4.69, 9.17) is 4.42 Å². The number of aryl methyl sites for hydroxylation is 2. The van der Waals surface area contributed by atoms with Gasteiger partial charge in [-0.1, -0.05) is 6.92 Å². The first kappa shape index (κ1) is 12.3. The number of hydrogen-bond acceptors (Lipinski definition) is 3. The molecule has 2 atom stereocenters. The van der Waals surface area contributed by atoms with E-state index in [0.717, 1.165) is 34.5 Å². The van der Waals surface area contributed by atoms with Crippen LogP contribution in [-0.4, -0.2) is 4.98 Å². The molecule has 2 aromatic heterocycles. The molecule has 1 aliphatic carbocycles. The van der Waals surface area contributed by atoms with Crippen molar-refractivity contribution in [3.63, 3.8) is 0 Å². The highest BCUT2D eigenvalue weighted by Gasteiger charge is 2.36. The molecule has 0 radical (unpaired) electrons. The second kappa shape index (κ2) is 4.72. The monoisotopic (exact) mass is 256 g/mol. The van der Waals surface area contributed by atoms with Crippen LogP contribution in [0.15, 0.2) is 28.7 Å². The summed E-state index contributed by atoms with van der Waals surface area (Å²) in [7, 11) is 0. The predicted molar refractivity (Wildman–Crippen MR) is 76.3 cm³/mol. The van der Waals surface area contributed by atoms with E-state index in [2.05, 4.69) is 35.4 Å². The summed E-state index contributed by atoms with van der Waals surface area (Å²) < 4.78 is 5.88. The lowest BCUT2D eigenvalue weighted by Gasteiger charge is -2.07. The lowest BCUT2D eigenvalue weighted by molar-refractivity contribution is 0.468. The topological polar surface area (TPSA) is 38.1 Å². The molecule has 19 heavy (non-hydrogen) atoms. The molecule has 0 saturated heterocycles. The first-order valence-electron chi connectivity index (χ1n) is 6.90. The van der Waals surface area contributed by atoms with Crippen LogP contribution in [0.4, 0.5) is 5.69 Å². The molecule has 2 heterocycles. The van der Waals surface area contributed by atoms with Crippen LogP contribution < -0.4 is 5.32 Å². The lowest BCUT2D eigenvalue weighted by Crippen LogP contribution is -2.01. The normalized spacial score (nSPS) is 21.4. The summed E-state index contributed by atoms with van der Waals surface area (Å²) in [6.07, 6.45) is 1.27. The average Bonchev–Trinajstić information content (AvgIpc) is 2.91. The number of pyridine rings is 1. The van der Waals surface area contributed by atoms with Gasteiger partial charge in [0.1, 0.15) is 11.5 Å². The molecule has 0 aromatic carbocycles. The molecule has 1 saturated carbocycles. The molecule has 1 aliphatic rings. The molecule has 3 heteroatoms. The Hall–Kier alpha value is -1.77. The number of rotatable bonds is 4. The van der Waals surface area contributed by atoms with Crippen molar-refractivity contribution >= 4 is 5.69 Å². The van der Waals surface area contributed by atoms with Crippen molar-refractivity contribution in [3.05, 3.63) is 47.2 Å². The van der Waals surface area contributed by atoms with Crippen LogP contribution in [0, 0.1) is 19.8 Å². The first-order chi connectivity index (χ1) is 9.13. The highest BCUT2D eigenvalue weighted by Crippen LogP contribution is 2.47. The average molecular weight is 256 g/mol. The predicted octanol–water partition coefficient (Wildman–Crippen LogP) is 4.03. The van der Waals surface area contributed by atoms with E-state index in [1.807, 2.05) is 19.9 Å².